The lowest BCUT2D eigenvalue weighted by Crippen LogP contribution is -2.27. The zero-order valence-corrected chi connectivity index (χ0v) is 8.98. The highest BCUT2D eigenvalue weighted by atomic mass is 16.5. The molecule has 1 aromatic rings. The van der Waals surface area contributed by atoms with E-state index in [0.717, 1.165) is 0 Å². The van der Waals surface area contributed by atoms with Gasteiger partial charge in [-0.3, -0.25) is 0 Å². The van der Waals surface area contributed by atoms with Gasteiger partial charge in [0.25, 0.3) is 0 Å². The quantitative estimate of drug-likeness (QED) is 0.753. The summed E-state index contributed by atoms with van der Waals surface area (Å²) in [6.07, 6.45) is 1.62. The van der Waals surface area contributed by atoms with Crippen molar-refractivity contribution in [1.29, 1.82) is 0 Å². The molecular weight excluding hydrogens is 196 g/mol. The molecule has 0 saturated heterocycles. The molecule has 0 aromatic carbocycles. The smallest absolute Gasteiger partial charge is 0.327 e. The van der Waals surface area contributed by atoms with Crippen molar-refractivity contribution < 1.29 is 14.3 Å². The van der Waals surface area contributed by atoms with E-state index < -0.39 is 6.04 Å². The van der Waals surface area contributed by atoms with E-state index in [-0.39, 0.29) is 5.97 Å². The first kappa shape index (κ1) is 11.3. The van der Waals surface area contributed by atoms with Crippen LogP contribution < -0.4 is 10.1 Å². The Morgan fingerprint density at radius 2 is 2.27 bits per heavy atom. The van der Waals surface area contributed by atoms with Gasteiger partial charge >= 0.3 is 5.97 Å². The highest BCUT2D eigenvalue weighted by molar-refractivity contribution is 5.79. The normalized spacial score (nSPS) is 11.7. The molecule has 82 valence electrons. The topological polar surface area (TPSA) is 60.5 Å². The minimum absolute atomic E-state index is 0.332. The largest absolute Gasteiger partial charge is 0.480 e. The van der Waals surface area contributed by atoms with Crippen molar-refractivity contribution in [2.45, 2.75) is 13.0 Å². The van der Waals surface area contributed by atoms with Gasteiger partial charge in [-0.05, 0) is 19.1 Å². The van der Waals surface area contributed by atoms with Crippen LogP contribution >= 0.6 is 0 Å². The zero-order chi connectivity index (χ0) is 11.3. The molecule has 0 radical (unpaired) electrons. The summed E-state index contributed by atoms with van der Waals surface area (Å²) in [5, 5.41) is 2.95. The van der Waals surface area contributed by atoms with Crippen LogP contribution in [0.2, 0.25) is 0 Å². The fourth-order valence-corrected chi connectivity index (χ4v) is 1.13. The number of pyridine rings is 1. The van der Waals surface area contributed by atoms with Gasteiger partial charge in [0.1, 0.15) is 6.04 Å². The van der Waals surface area contributed by atoms with Crippen LogP contribution in [0, 0.1) is 0 Å². The summed E-state index contributed by atoms with van der Waals surface area (Å²) in [4.78, 5) is 15.2. The standard InChI is InChI=1S/C10H14N2O3/c1-7(10(13)15-3)12-8-5-4-6-11-9(8)14-2/h4-7,12H,1-3H3. The van der Waals surface area contributed by atoms with Crippen molar-refractivity contribution in [2.75, 3.05) is 19.5 Å². The van der Waals surface area contributed by atoms with Gasteiger partial charge in [0.05, 0.1) is 19.9 Å². The van der Waals surface area contributed by atoms with Gasteiger partial charge in [-0.15, -0.1) is 0 Å². The summed E-state index contributed by atoms with van der Waals surface area (Å²) >= 11 is 0. The van der Waals surface area contributed by atoms with Gasteiger partial charge in [-0.25, -0.2) is 9.78 Å². The van der Waals surface area contributed by atoms with Crippen LogP contribution in [0.4, 0.5) is 5.69 Å². The third-order valence-electron chi connectivity index (χ3n) is 1.89. The summed E-state index contributed by atoms with van der Waals surface area (Å²) in [5.74, 6) is 0.120. The molecule has 5 heteroatoms. The fourth-order valence-electron chi connectivity index (χ4n) is 1.13. The van der Waals surface area contributed by atoms with Crippen LogP contribution in [0.5, 0.6) is 5.88 Å². The molecule has 1 heterocycles. The second kappa shape index (κ2) is 5.19. The van der Waals surface area contributed by atoms with Gasteiger partial charge < -0.3 is 14.8 Å². The molecule has 0 bridgehead atoms. The Hall–Kier alpha value is -1.78. The van der Waals surface area contributed by atoms with E-state index in [1.807, 2.05) is 0 Å². The van der Waals surface area contributed by atoms with E-state index in [4.69, 9.17) is 4.74 Å². The van der Waals surface area contributed by atoms with Crippen LogP contribution in [0.15, 0.2) is 18.3 Å². The van der Waals surface area contributed by atoms with Gasteiger partial charge in [-0.2, -0.15) is 0 Å². The van der Waals surface area contributed by atoms with E-state index in [2.05, 4.69) is 15.0 Å². The maximum absolute atomic E-state index is 11.2. The Morgan fingerprint density at radius 1 is 1.53 bits per heavy atom. The third-order valence-corrected chi connectivity index (χ3v) is 1.89. The van der Waals surface area contributed by atoms with Crippen LogP contribution in [-0.4, -0.2) is 31.2 Å². The molecule has 1 aromatic heterocycles. The van der Waals surface area contributed by atoms with Crippen molar-refractivity contribution >= 4 is 11.7 Å². The highest BCUT2D eigenvalue weighted by Crippen LogP contribution is 2.20. The lowest BCUT2D eigenvalue weighted by atomic mass is 10.3. The third kappa shape index (κ3) is 2.83. The minimum atomic E-state index is -0.437. The zero-order valence-electron chi connectivity index (χ0n) is 8.98. The Balaban J connectivity index is 2.75. The van der Waals surface area contributed by atoms with Crippen LogP contribution in [-0.2, 0) is 9.53 Å². The maximum atomic E-state index is 11.2. The number of rotatable bonds is 4. The molecule has 0 spiro atoms. The number of carbonyl (C=O) groups is 1. The Morgan fingerprint density at radius 3 is 2.87 bits per heavy atom. The number of ether oxygens (including phenoxy) is 2. The number of nitrogens with one attached hydrogen (secondary N) is 1. The molecule has 1 N–H and O–H groups in total. The molecule has 5 nitrogen and oxygen atoms in total. The summed E-state index contributed by atoms with van der Waals surface area (Å²) in [6, 6.07) is 3.10. The summed E-state index contributed by atoms with van der Waals surface area (Å²) in [6.45, 7) is 1.71. The molecular formula is C10H14N2O3. The first-order valence-electron chi connectivity index (χ1n) is 4.52. The highest BCUT2D eigenvalue weighted by Gasteiger charge is 2.14. The first-order chi connectivity index (χ1) is 7.19. The lowest BCUT2D eigenvalue weighted by molar-refractivity contribution is -0.141. The molecule has 0 aliphatic rings. The summed E-state index contributed by atoms with van der Waals surface area (Å²) in [7, 11) is 2.87. The number of nitrogens with zero attached hydrogens (tertiary/aromatic N) is 1. The molecule has 0 fully saturated rings. The van der Waals surface area contributed by atoms with Gasteiger partial charge in [0, 0.05) is 6.20 Å². The fraction of sp³-hybridized carbons (Fsp3) is 0.400. The molecule has 0 saturated carbocycles. The average molecular weight is 210 g/mol. The van der Waals surface area contributed by atoms with Crippen molar-refractivity contribution in [3.63, 3.8) is 0 Å². The molecule has 15 heavy (non-hydrogen) atoms. The molecule has 0 aliphatic heterocycles. The van der Waals surface area contributed by atoms with Gasteiger partial charge in [0.15, 0.2) is 0 Å². The van der Waals surface area contributed by atoms with Crippen LogP contribution in [0.3, 0.4) is 0 Å². The summed E-state index contributed by atoms with van der Waals surface area (Å²) in [5.41, 5.74) is 0.665. The molecule has 1 rings (SSSR count). The van der Waals surface area contributed by atoms with E-state index in [1.54, 1.807) is 25.3 Å². The Bertz CT molecular complexity index is 341. The number of hydrogen-bond donors (Lipinski definition) is 1. The van der Waals surface area contributed by atoms with Crippen LogP contribution in [0.25, 0.3) is 0 Å². The predicted octanol–water partition coefficient (Wildman–Crippen LogP) is 1.06. The monoisotopic (exact) mass is 210 g/mol. The summed E-state index contributed by atoms with van der Waals surface area (Å²) < 4.78 is 9.63. The maximum Gasteiger partial charge on any atom is 0.327 e. The van der Waals surface area contributed by atoms with Gasteiger partial charge in [-0.1, -0.05) is 0 Å². The molecule has 0 amide bonds. The Kier molecular flexibility index (Phi) is 3.91. The van der Waals surface area contributed by atoms with E-state index in [0.29, 0.717) is 11.6 Å². The van der Waals surface area contributed by atoms with Crippen molar-refractivity contribution in [1.82, 2.24) is 4.98 Å². The minimum Gasteiger partial charge on any atom is -0.480 e. The SMILES string of the molecule is COC(=O)C(C)Nc1cccnc1OC. The van der Waals surface area contributed by atoms with E-state index in [1.165, 1.54) is 14.2 Å². The van der Waals surface area contributed by atoms with Crippen molar-refractivity contribution in [3.8, 4) is 5.88 Å². The predicted molar refractivity (Wildman–Crippen MR) is 55.9 cm³/mol. The molecule has 1 atom stereocenters. The van der Waals surface area contributed by atoms with E-state index >= 15 is 0 Å². The number of carbonyl (C=O) groups excluding carboxylic acids is 1. The number of hydrogen-bond acceptors (Lipinski definition) is 5. The number of aromatic nitrogens is 1. The second-order valence-corrected chi connectivity index (χ2v) is 2.95. The van der Waals surface area contributed by atoms with E-state index in [9.17, 15) is 4.79 Å². The second-order valence-electron chi connectivity index (χ2n) is 2.95. The first-order valence-corrected chi connectivity index (χ1v) is 4.52. The lowest BCUT2D eigenvalue weighted by Gasteiger charge is -2.14. The van der Waals surface area contributed by atoms with Crippen LogP contribution in [0.1, 0.15) is 6.92 Å². The van der Waals surface area contributed by atoms with Crippen molar-refractivity contribution in [3.05, 3.63) is 18.3 Å². The van der Waals surface area contributed by atoms with Gasteiger partial charge in [0.2, 0.25) is 5.88 Å². The Labute approximate surface area is 88.4 Å². The number of methoxy groups -OCH3 is 2. The number of esters is 1. The average Bonchev–Trinajstić information content (AvgIpc) is 2.28. The molecule has 1 unspecified atom stereocenters. The molecule has 0 aliphatic carbocycles. The number of anilines is 1. The van der Waals surface area contributed by atoms with Crippen molar-refractivity contribution in [2.24, 2.45) is 0 Å².